The maximum absolute atomic E-state index is 10.6. The Morgan fingerprint density at radius 3 is 2.74 bits per heavy atom. The molecule has 2 fully saturated rings. The fraction of sp³-hybridized carbons (Fsp3) is 0.667. The van der Waals surface area contributed by atoms with Crippen LogP contribution in [0.25, 0.3) is 0 Å². The van der Waals surface area contributed by atoms with E-state index in [1.807, 2.05) is 18.2 Å². The molecule has 0 aromatic heterocycles. The molecule has 1 saturated carbocycles. The maximum Gasteiger partial charge on any atom is 0.194 e. The van der Waals surface area contributed by atoms with Crippen molar-refractivity contribution in [2.24, 2.45) is 10.9 Å². The Labute approximate surface area is 180 Å². The summed E-state index contributed by atoms with van der Waals surface area (Å²) in [4.78, 5) is 7.07. The molecule has 0 bridgehead atoms. The quantitative estimate of drug-likeness (QED) is 0.352. The van der Waals surface area contributed by atoms with Crippen LogP contribution in [0.2, 0.25) is 0 Å². The van der Waals surface area contributed by atoms with Gasteiger partial charge in [-0.05, 0) is 31.7 Å². The van der Waals surface area contributed by atoms with Crippen LogP contribution in [0.1, 0.15) is 44.6 Å². The summed E-state index contributed by atoms with van der Waals surface area (Å²) in [5, 5.41) is 13.9. The van der Waals surface area contributed by atoms with Gasteiger partial charge < -0.3 is 20.1 Å². The van der Waals surface area contributed by atoms with E-state index >= 15 is 0 Å². The van der Waals surface area contributed by atoms with Crippen molar-refractivity contribution in [1.29, 1.82) is 0 Å². The van der Waals surface area contributed by atoms with Crippen molar-refractivity contribution in [2.75, 3.05) is 32.8 Å². The third-order valence-corrected chi connectivity index (χ3v) is 5.44. The first kappa shape index (κ1) is 22.4. The summed E-state index contributed by atoms with van der Waals surface area (Å²) in [5.41, 5.74) is 0.639. The number of likely N-dealkylation sites (tertiary alicyclic amines) is 1. The third kappa shape index (κ3) is 6.91. The molecule has 152 valence electrons. The molecule has 2 N–H and O–H groups in total. The van der Waals surface area contributed by atoms with E-state index in [9.17, 15) is 5.11 Å². The highest BCUT2D eigenvalue weighted by Gasteiger charge is 2.32. The van der Waals surface area contributed by atoms with Crippen molar-refractivity contribution < 1.29 is 9.84 Å². The molecule has 3 rings (SSSR count). The Morgan fingerprint density at radius 1 is 1.30 bits per heavy atom. The largest absolute Gasteiger partial charge is 0.388 e. The van der Waals surface area contributed by atoms with Gasteiger partial charge in [0.15, 0.2) is 5.96 Å². The van der Waals surface area contributed by atoms with Crippen LogP contribution in [0.4, 0.5) is 0 Å². The van der Waals surface area contributed by atoms with Crippen molar-refractivity contribution in [3.05, 3.63) is 35.9 Å². The lowest BCUT2D eigenvalue weighted by atomic mass is 10.0. The highest BCUT2D eigenvalue weighted by Crippen LogP contribution is 2.29. The van der Waals surface area contributed by atoms with Gasteiger partial charge in [-0.15, -0.1) is 24.0 Å². The summed E-state index contributed by atoms with van der Waals surface area (Å²) in [6.07, 6.45) is 5.13. The number of halogens is 1. The molecule has 1 aliphatic heterocycles. The van der Waals surface area contributed by atoms with Crippen LogP contribution in [0, 0.1) is 5.92 Å². The summed E-state index contributed by atoms with van der Waals surface area (Å²) < 4.78 is 5.92. The highest BCUT2D eigenvalue weighted by molar-refractivity contribution is 14.0. The number of nitrogens with one attached hydrogen (secondary N) is 1. The highest BCUT2D eigenvalue weighted by atomic mass is 127. The van der Waals surface area contributed by atoms with Gasteiger partial charge in [0.2, 0.25) is 0 Å². The van der Waals surface area contributed by atoms with Gasteiger partial charge in [-0.25, -0.2) is 0 Å². The van der Waals surface area contributed by atoms with Crippen molar-refractivity contribution in [2.45, 2.75) is 51.2 Å². The average molecular weight is 487 g/mol. The SMILES string of the molecule is CCNC(=NCC1(O)CCCC1)N1CCC(COCc2ccccc2)C1.I. The number of aliphatic imine (C=N–C) groups is 1. The zero-order valence-corrected chi connectivity index (χ0v) is 18.7. The Hall–Kier alpha value is -0.860. The van der Waals surface area contributed by atoms with Crippen LogP contribution in [0.15, 0.2) is 35.3 Å². The van der Waals surface area contributed by atoms with E-state index in [4.69, 9.17) is 9.73 Å². The Kier molecular flexibility index (Phi) is 9.32. The van der Waals surface area contributed by atoms with Crippen molar-refractivity contribution in [1.82, 2.24) is 10.2 Å². The van der Waals surface area contributed by atoms with Crippen molar-refractivity contribution in [3.8, 4) is 0 Å². The number of hydrogen-bond donors (Lipinski definition) is 2. The molecular formula is C21H34IN3O2. The number of nitrogens with zero attached hydrogens (tertiary/aromatic N) is 2. The molecule has 5 nitrogen and oxygen atoms in total. The smallest absolute Gasteiger partial charge is 0.194 e. The van der Waals surface area contributed by atoms with Crippen LogP contribution >= 0.6 is 24.0 Å². The van der Waals surface area contributed by atoms with E-state index in [0.29, 0.717) is 19.1 Å². The Bertz CT molecular complexity index is 576. The minimum absolute atomic E-state index is 0. The second kappa shape index (κ2) is 11.2. The monoisotopic (exact) mass is 487 g/mol. The van der Waals surface area contributed by atoms with Gasteiger partial charge in [0.1, 0.15) is 0 Å². The predicted molar refractivity (Wildman–Crippen MR) is 121 cm³/mol. The molecule has 1 heterocycles. The lowest BCUT2D eigenvalue weighted by Gasteiger charge is -2.25. The number of guanidine groups is 1. The van der Waals surface area contributed by atoms with Crippen LogP contribution in [0.3, 0.4) is 0 Å². The number of hydrogen-bond acceptors (Lipinski definition) is 3. The van der Waals surface area contributed by atoms with Crippen LogP contribution in [0.5, 0.6) is 0 Å². The van der Waals surface area contributed by atoms with Crippen LogP contribution < -0.4 is 5.32 Å². The molecule has 1 aromatic rings. The molecule has 27 heavy (non-hydrogen) atoms. The van der Waals surface area contributed by atoms with Gasteiger partial charge in [0, 0.05) is 25.6 Å². The third-order valence-electron chi connectivity index (χ3n) is 5.44. The van der Waals surface area contributed by atoms with E-state index < -0.39 is 5.60 Å². The Balaban J connectivity index is 0.00000261. The molecule has 1 saturated heterocycles. The van der Waals surface area contributed by atoms with Gasteiger partial charge in [0.25, 0.3) is 0 Å². The molecule has 6 heteroatoms. The van der Waals surface area contributed by atoms with E-state index in [1.165, 1.54) is 5.56 Å². The molecule has 1 aliphatic carbocycles. The van der Waals surface area contributed by atoms with E-state index in [1.54, 1.807) is 0 Å². The Morgan fingerprint density at radius 2 is 2.04 bits per heavy atom. The first-order valence-electron chi connectivity index (χ1n) is 10.1. The normalized spacial score (nSPS) is 21.9. The van der Waals surface area contributed by atoms with Gasteiger partial charge in [-0.2, -0.15) is 0 Å². The van der Waals surface area contributed by atoms with Crippen molar-refractivity contribution in [3.63, 3.8) is 0 Å². The molecule has 1 atom stereocenters. The number of benzene rings is 1. The van der Waals surface area contributed by atoms with Gasteiger partial charge in [-0.3, -0.25) is 4.99 Å². The summed E-state index contributed by atoms with van der Waals surface area (Å²) >= 11 is 0. The lowest BCUT2D eigenvalue weighted by Crippen LogP contribution is -2.41. The zero-order chi connectivity index (χ0) is 18.2. The fourth-order valence-corrected chi connectivity index (χ4v) is 3.92. The summed E-state index contributed by atoms with van der Waals surface area (Å²) in [5.74, 6) is 1.48. The summed E-state index contributed by atoms with van der Waals surface area (Å²) in [6, 6.07) is 10.3. The van der Waals surface area contributed by atoms with E-state index in [0.717, 1.165) is 64.3 Å². The molecule has 0 spiro atoms. The molecule has 0 radical (unpaired) electrons. The number of rotatable bonds is 7. The first-order valence-corrected chi connectivity index (χ1v) is 10.1. The van der Waals surface area contributed by atoms with Gasteiger partial charge in [0.05, 0.1) is 25.4 Å². The first-order chi connectivity index (χ1) is 12.7. The fourth-order valence-electron chi connectivity index (χ4n) is 3.92. The summed E-state index contributed by atoms with van der Waals surface area (Å²) in [7, 11) is 0. The number of ether oxygens (including phenoxy) is 1. The predicted octanol–water partition coefficient (Wildman–Crippen LogP) is 3.41. The van der Waals surface area contributed by atoms with E-state index in [-0.39, 0.29) is 24.0 Å². The van der Waals surface area contributed by atoms with Crippen molar-refractivity contribution >= 4 is 29.9 Å². The second-order valence-corrected chi connectivity index (χ2v) is 7.70. The zero-order valence-electron chi connectivity index (χ0n) is 16.4. The minimum Gasteiger partial charge on any atom is -0.388 e. The minimum atomic E-state index is -0.585. The topological polar surface area (TPSA) is 57.1 Å². The molecule has 2 aliphatic rings. The van der Waals surface area contributed by atoms with Crippen LogP contribution in [-0.4, -0.2) is 54.4 Å². The van der Waals surface area contributed by atoms with E-state index in [2.05, 4.69) is 29.3 Å². The lowest BCUT2D eigenvalue weighted by molar-refractivity contribution is 0.0571. The second-order valence-electron chi connectivity index (χ2n) is 7.70. The van der Waals surface area contributed by atoms with Gasteiger partial charge >= 0.3 is 0 Å². The summed E-state index contributed by atoms with van der Waals surface area (Å²) in [6.45, 7) is 6.90. The standard InChI is InChI=1S/C21H33N3O2.HI/c1-2-22-20(23-17-21(25)11-6-7-12-21)24-13-10-19(14-24)16-26-15-18-8-4-3-5-9-18;/h3-5,8-9,19,25H,2,6-7,10-17H2,1H3,(H,22,23);1H. The van der Waals surface area contributed by atoms with Gasteiger partial charge in [-0.1, -0.05) is 43.2 Å². The molecule has 0 amide bonds. The maximum atomic E-state index is 10.6. The average Bonchev–Trinajstić information content (AvgIpc) is 3.29. The van der Waals surface area contributed by atoms with Crippen LogP contribution in [-0.2, 0) is 11.3 Å². The number of aliphatic hydroxyl groups is 1. The molecular weight excluding hydrogens is 453 g/mol. The molecule has 1 aromatic carbocycles. The molecule has 1 unspecified atom stereocenters.